The Morgan fingerprint density at radius 1 is 1.67 bits per heavy atom. The van der Waals surface area contributed by atoms with Crippen LogP contribution in [-0.2, 0) is 0 Å². The van der Waals surface area contributed by atoms with Gasteiger partial charge in [-0.1, -0.05) is 12.2 Å². The zero-order valence-electron chi connectivity index (χ0n) is 6.12. The molecule has 0 unspecified atom stereocenters. The summed E-state index contributed by atoms with van der Waals surface area (Å²) in [5, 5.41) is 3.27. The van der Waals surface area contributed by atoms with Gasteiger partial charge in [0.1, 0.15) is 0 Å². The third-order valence-electron chi connectivity index (χ3n) is 1.73. The molecule has 1 aliphatic heterocycles. The number of nitrogens with one attached hydrogen (secondary N) is 1. The van der Waals surface area contributed by atoms with Crippen LogP contribution in [-0.4, -0.2) is 6.54 Å². The lowest BCUT2D eigenvalue weighted by molar-refractivity contribution is 0.873. The van der Waals surface area contributed by atoms with Crippen molar-refractivity contribution in [3.05, 3.63) is 23.4 Å². The van der Waals surface area contributed by atoms with E-state index in [1.165, 1.54) is 16.8 Å². The molecule has 0 saturated carbocycles. The second-order valence-electron chi connectivity index (χ2n) is 2.56. The maximum absolute atomic E-state index is 3.89. The maximum Gasteiger partial charge on any atom is 0.0185 e. The van der Waals surface area contributed by atoms with Gasteiger partial charge in [0.25, 0.3) is 0 Å². The molecule has 1 heteroatoms. The van der Waals surface area contributed by atoms with Gasteiger partial charge in [0.2, 0.25) is 0 Å². The average Bonchev–Trinajstić information content (AvgIpc) is 2.13. The van der Waals surface area contributed by atoms with Gasteiger partial charge in [-0.05, 0) is 25.8 Å². The van der Waals surface area contributed by atoms with Crippen LogP contribution in [0.4, 0.5) is 0 Å². The fourth-order valence-corrected chi connectivity index (χ4v) is 1.20. The minimum Gasteiger partial charge on any atom is -0.388 e. The van der Waals surface area contributed by atoms with Crippen LogP contribution in [0.5, 0.6) is 0 Å². The fourth-order valence-electron chi connectivity index (χ4n) is 1.20. The van der Waals surface area contributed by atoms with Gasteiger partial charge in [-0.25, -0.2) is 0 Å². The summed E-state index contributed by atoms with van der Waals surface area (Å²) in [5.41, 5.74) is 3.93. The van der Waals surface area contributed by atoms with Gasteiger partial charge >= 0.3 is 0 Å². The highest BCUT2D eigenvalue weighted by molar-refractivity contribution is 5.33. The van der Waals surface area contributed by atoms with Gasteiger partial charge in [0.15, 0.2) is 0 Å². The molecule has 0 atom stereocenters. The molecular weight excluding hydrogens is 110 g/mol. The molecule has 0 saturated heterocycles. The monoisotopic (exact) mass is 123 g/mol. The summed E-state index contributed by atoms with van der Waals surface area (Å²) in [6, 6.07) is 0. The van der Waals surface area contributed by atoms with Crippen molar-refractivity contribution in [1.82, 2.24) is 5.32 Å². The second kappa shape index (κ2) is 2.26. The minimum absolute atomic E-state index is 1.09. The molecule has 0 amide bonds. The topological polar surface area (TPSA) is 12.0 Å². The third-order valence-corrected chi connectivity index (χ3v) is 1.73. The molecule has 0 aromatic rings. The summed E-state index contributed by atoms with van der Waals surface area (Å²) in [6.07, 6.45) is 1.15. The highest BCUT2D eigenvalue weighted by atomic mass is 14.9. The van der Waals surface area contributed by atoms with E-state index < -0.39 is 0 Å². The molecule has 1 aliphatic rings. The summed E-state index contributed by atoms with van der Waals surface area (Å²) in [5.74, 6) is 0. The SMILES string of the molecule is C=C(C)C1=C(C)NCC1. The number of rotatable bonds is 1. The van der Waals surface area contributed by atoms with Gasteiger partial charge in [-0.15, -0.1) is 0 Å². The second-order valence-corrected chi connectivity index (χ2v) is 2.56. The first-order valence-corrected chi connectivity index (χ1v) is 3.31. The van der Waals surface area contributed by atoms with Crippen LogP contribution in [0.1, 0.15) is 20.3 Å². The molecule has 1 rings (SSSR count). The standard InChI is InChI=1S/C8H13N/c1-6(2)8-4-5-9-7(8)3/h9H,1,4-5H2,2-3H3. The molecule has 0 bridgehead atoms. The molecule has 9 heavy (non-hydrogen) atoms. The van der Waals surface area contributed by atoms with Gasteiger partial charge in [-0.3, -0.25) is 0 Å². The van der Waals surface area contributed by atoms with Crippen LogP contribution in [0.25, 0.3) is 0 Å². The summed E-state index contributed by atoms with van der Waals surface area (Å²) < 4.78 is 0. The molecule has 1 N–H and O–H groups in total. The van der Waals surface area contributed by atoms with Crippen molar-refractivity contribution in [3.8, 4) is 0 Å². The largest absolute Gasteiger partial charge is 0.388 e. The Kier molecular flexibility index (Phi) is 1.60. The highest BCUT2D eigenvalue weighted by Gasteiger charge is 2.08. The number of hydrogen-bond donors (Lipinski definition) is 1. The van der Waals surface area contributed by atoms with E-state index >= 15 is 0 Å². The van der Waals surface area contributed by atoms with Crippen molar-refractivity contribution < 1.29 is 0 Å². The third kappa shape index (κ3) is 1.15. The zero-order chi connectivity index (χ0) is 6.85. The summed E-state index contributed by atoms with van der Waals surface area (Å²) in [7, 11) is 0. The lowest BCUT2D eigenvalue weighted by Gasteiger charge is -1.98. The molecule has 0 fully saturated rings. The van der Waals surface area contributed by atoms with E-state index in [0.717, 1.165) is 13.0 Å². The lowest BCUT2D eigenvalue weighted by atomic mass is 10.1. The van der Waals surface area contributed by atoms with Crippen molar-refractivity contribution in [3.63, 3.8) is 0 Å². The van der Waals surface area contributed by atoms with Crippen molar-refractivity contribution in [1.29, 1.82) is 0 Å². The predicted octanol–water partition coefficient (Wildman–Crippen LogP) is 1.83. The Morgan fingerprint density at radius 3 is 2.56 bits per heavy atom. The summed E-state index contributed by atoms with van der Waals surface area (Å²) in [4.78, 5) is 0. The highest BCUT2D eigenvalue weighted by Crippen LogP contribution is 2.18. The van der Waals surface area contributed by atoms with Crippen LogP contribution >= 0.6 is 0 Å². The minimum atomic E-state index is 1.09. The Hall–Kier alpha value is -0.720. The van der Waals surface area contributed by atoms with Crippen molar-refractivity contribution in [2.45, 2.75) is 20.3 Å². The Labute approximate surface area is 56.5 Å². The normalized spacial score (nSPS) is 18.0. The molecule has 1 heterocycles. The van der Waals surface area contributed by atoms with Crippen LogP contribution in [0.2, 0.25) is 0 Å². The van der Waals surface area contributed by atoms with Crippen LogP contribution < -0.4 is 5.32 Å². The first-order chi connectivity index (χ1) is 4.22. The van der Waals surface area contributed by atoms with Crippen LogP contribution in [0.15, 0.2) is 23.4 Å². The van der Waals surface area contributed by atoms with Crippen molar-refractivity contribution in [2.24, 2.45) is 0 Å². The van der Waals surface area contributed by atoms with Crippen LogP contribution in [0.3, 0.4) is 0 Å². The number of hydrogen-bond acceptors (Lipinski definition) is 1. The molecule has 50 valence electrons. The van der Waals surface area contributed by atoms with Gasteiger partial charge < -0.3 is 5.32 Å². The zero-order valence-corrected chi connectivity index (χ0v) is 6.12. The van der Waals surface area contributed by atoms with E-state index in [9.17, 15) is 0 Å². The summed E-state index contributed by atoms with van der Waals surface area (Å²) >= 11 is 0. The fraction of sp³-hybridized carbons (Fsp3) is 0.500. The van der Waals surface area contributed by atoms with E-state index in [4.69, 9.17) is 0 Å². The first-order valence-electron chi connectivity index (χ1n) is 3.31. The molecule has 1 nitrogen and oxygen atoms in total. The molecule has 0 radical (unpaired) electrons. The van der Waals surface area contributed by atoms with Gasteiger partial charge in [-0.2, -0.15) is 0 Å². The molecule has 0 aromatic carbocycles. The van der Waals surface area contributed by atoms with E-state index in [-0.39, 0.29) is 0 Å². The molecular formula is C8H13N. The molecule has 0 aliphatic carbocycles. The molecule has 0 spiro atoms. The summed E-state index contributed by atoms with van der Waals surface area (Å²) in [6.45, 7) is 9.15. The van der Waals surface area contributed by atoms with Gasteiger partial charge in [0.05, 0.1) is 0 Å². The number of allylic oxidation sites excluding steroid dienone is 2. The quantitative estimate of drug-likeness (QED) is 0.561. The maximum atomic E-state index is 3.89. The van der Waals surface area contributed by atoms with Crippen molar-refractivity contribution in [2.75, 3.05) is 6.54 Å². The Balaban J connectivity index is 2.78. The first kappa shape index (κ1) is 6.40. The Bertz CT molecular complexity index is 165. The van der Waals surface area contributed by atoms with E-state index in [1.807, 2.05) is 0 Å². The van der Waals surface area contributed by atoms with Crippen molar-refractivity contribution >= 4 is 0 Å². The smallest absolute Gasteiger partial charge is 0.0185 e. The van der Waals surface area contributed by atoms with E-state index in [2.05, 4.69) is 25.7 Å². The Morgan fingerprint density at radius 2 is 2.33 bits per heavy atom. The predicted molar refractivity (Wildman–Crippen MR) is 40.1 cm³/mol. The van der Waals surface area contributed by atoms with E-state index in [0.29, 0.717) is 0 Å². The molecule has 0 aromatic heterocycles. The average molecular weight is 123 g/mol. The van der Waals surface area contributed by atoms with E-state index in [1.54, 1.807) is 0 Å². The van der Waals surface area contributed by atoms with Crippen LogP contribution in [0, 0.1) is 0 Å². The van der Waals surface area contributed by atoms with Gasteiger partial charge in [0, 0.05) is 12.2 Å². The lowest BCUT2D eigenvalue weighted by Crippen LogP contribution is -2.03.